The lowest BCUT2D eigenvalue weighted by Gasteiger charge is -2.32. The van der Waals surface area contributed by atoms with Gasteiger partial charge in [0.25, 0.3) is 5.91 Å². The van der Waals surface area contributed by atoms with E-state index in [1.54, 1.807) is 6.33 Å². The number of H-pyrrole nitrogens is 1. The van der Waals surface area contributed by atoms with E-state index in [1.165, 1.54) is 11.5 Å². The zero-order chi connectivity index (χ0) is 16.9. The largest absolute Gasteiger partial charge is 0.354 e. The van der Waals surface area contributed by atoms with Gasteiger partial charge in [0.15, 0.2) is 0 Å². The summed E-state index contributed by atoms with van der Waals surface area (Å²) in [5.41, 5.74) is 1.35. The number of aromatic nitrogens is 4. The Balaban J connectivity index is 1.47. The van der Waals surface area contributed by atoms with Gasteiger partial charge in [-0.25, -0.2) is 9.97 Å². The third-order valence-electron chi connectivity index (χ3n) is 5.23. The Morgan fingerprint density at radius 1 is 1.24 bits per heavy atom. The Morgan fingerprint density at radius 2 is 2.16 bits per heavy atom. The molecule has 4 heterocycles. The number of fused-ring (bicyclic) bond motifs is 1. The molecule has 0 aromatic carbocycles. The molecule has 5 rings (SSSR count). The van der Waals surface area contributed by atoms with Crippen molar-refractivity contribution in [3.05, 3.63) is 35.7 Å². The van der Waals surface area contributed by atoms with Crippen molar-refractivity contribution in [1.29, 1.82) is 0 Å². The average molecular weight is 354 g/mol. The van der Waals surface area contributed by atoms with Gasteiger partial charge < -0.3 is 14.8 Å². The molecule has 0 bridgehead atoms. The molecule has 1 saturated heterocycles. The first-order chi connectivity index (χ1) is 12.3. The highest BCUT2D eigenvalue weighted by molar-refractivity contribution is 7.03. The number of amides is 1. The molecule has 0 unspecified atom stereocenters. The molecule has 1 aliphatic carbocycles. The van der Waals surface area contributed by atoms with Crippen LogP contribution in [0, 0.1) is 0 Å². The van der Waals surface area contributed by atoms with E-state index >= 15 is 0 Å². The lowest BCUT2D eigenvalue weighted by molar-refractivity contribution is 0.0665. The maximum atomic E-state index is 12.9. The fourth-order valence-corrected chi connectivity index (χ4v) is 4.32. The van der Waals surface area contributed by atoms with E-state index in [9.17, 15) is 4.79 Å². The van der Waals surface area contributed by atoms with Crippen molar-refractivity contribution in [2.75, 3.05) is 24.5 Å². The Kier molecular flexibility index (Phi) is 3.27. The van der Waals surface area contributed by atoms with Crippen LogP contribution in [-0.4, -0.2) is 55.3 Å². The Bertz CT molecular complexity index is 916. The van der Waals surface area contributed by atoms with Gasteiger partial charge in [-0.2, -0.15) is 4.37 Å². The van der Waals surface area contributed by atoms with Crippen LogP contribution in [0.4, 0.5) is 5.82 Å². The van der Waals surface area contributed by atoms with Crippen molar-refractivity contribution < 1.29 is 4.79 Å². The second-order valence-electron chi connectivity index (χ2n) is 6.78. The van der Waals surface area contributed by atoms with Crippen molar-refractivity contribution >= 4 is 34.3 Å². The van der Waals surface area contributed by atoms with Crippen LogP contribution in [0.3, 0.4) is 0 Å². The van der Waals surface area contributed by atoms with Crippen molar-refractivity contribution in [2.24, 2.45) is 0 Å². The van der Waals surface area contributed by atoms with Gasteiger partial charge in [-0.05, 0) is 42.9 Å². The summed E-state index contributed by atoms with van der Waals surface area (Å²) in [7, 11) is 0. The zero-order valence-corrected chi connectivity index (χ0v) is 14.5. The molecule has 25 heavy (non-hydrogen) atoms. The summed E-state index contributed by atoms with van der Waals surface area (Å²) in [5.74, 6) is 1.02. The molecule has 1 amide bonds. The monoisotopic (exact) mass is 354 g/mol. The number of nitrogens with zero attached hydrogens (tertiary/aromatic N) is 5. The molecule has 8 heteroatoms. The Morgan fingerprint density at radius 3 is 2.96 bits per heavy atom. The molecule has 1 spiro atoms. The SMILES string of the molecule is O=C(c1ccsn1)N1CCCN(c2ncnc3[nH]ccc23)CC12CC2. The number of aromatic amines is 1. The molecular weight excluding hydrogens is 336 g/mol. The van der Waals surface area contributed by atoms with Gasteiger partial charge >= 0.3 is 0 Å². The number of rotatable bonds is 2. The quantitative estimate of drug-likeness (QED) is 0.764. The minimum Gasteiger partial charge on any atom is -0.354 e. The summed E-state index contributed by atoms with van der Waals surface area (Å²) < 4.78 is 4.24. The van der Waals surface area contributed by atoms with Crippen molar-refractivity contribution in [3.8, 4) is 0 Å². The van der Waals surface area contributed by atoms with Gasteiger partial charge in [0.1, 0.15) is 23.5 Å². The summed E-state index contributed by atoms with van der Waals surface area (Å²) in [5, 5.41) is 2.90. The molecule has 7 nitrogen and oxygen atoms in total. The number of carbonyl (C=O) groups excluding carboxylic acids is 1. The van der Waals surface area contributed by atoms with E-state index in [2.05, 4.69) is 29.1 Å². The van der Waals surface area contributed by atoms with E-state index in [0.29, 0.717) is 5.69 Å². The molecule has 3 aromatic heterocycles. The molecule has 1 aliphatic heterocycles. The third-order valence-corrected chi connectivity index (χ3v) is 5.79. The highest BCUT2D eigenvalue weighted by Crippen LogP contribution is 2.45. The highest BCUT2D eigenvalue weighted by Gasteiger charge is 2.52. The Hall–Kier alpha value is -2.48. The van der Waals surface area contributed by atoms with Gasteiger partial charge in [-0.3, -0.25) is 4.79 Å². The van der Waals surface area contributed by atoms with Gasteiger partial charge in [0.2, 0.25) is 0 Å². The van der Waals surface area contributed by atoms with Crippen LogP contribution in [0.25, 0.3) is 11.0 Å². The standard InChI is InChI=1S/C17H18N6OS/c24-16(13-3-9-25-21-13)23-8-1-7-22(10-17(23)4-5-17)15-12-2-6-18-14(12)19-11-20-15/h2-3,6,9,11H,1,4-5,7-8,10H2,(H,18,19,20). The number of nitrogens with one attached hydrogen (secondary N) is 1. The smallest absolute Gasteiger partial charge is 0.274 e. The van der Waals surface area contributed by atoms with Gasteiger partial charge in [-0.1, -0.05) is 0 Å². The minimum absolute atomic E-state index is 0.0649. The number of hydrogen-bond donors (Lipinski definition) is 1. The summed E-state index contributed by atoms with van der Waals surface area (Å²) in [6, 6.07) is 3.84. The van der Waals surface area contributed by atoms with E-state index in [4.69, 9.17) is 0 Å². The second-order valence-corrected chi connectivity index (χ2v) is 7.44. The minimum atomic E-state index is -0.0786. The molecule has 2 aliphatic rings. The second kappa shape index (κ2) is 5.52. The molecule has 1 N–H and O–H groups in total. The summed E-state index contributed by atoms with van der Waals surface area (Å²) >= 11 is 1.33. The van der Waals surface area contributed by atoms with Crippen LogP contribution in [0.1, 0.15) is 29.8 Å². The van der Waals surface area contributed by atoms with Crippen LogP contribution in [-0.2, 0) is 0 Å². The van der Waals surface area contributed by atoms with Crippen LogP contribution < -0.4 is 4.90 Å². The lowest BCUT2D eigenvalue weighted by Crippen LogP contribution is -2.46. The average Bonchev–Trinajstić information content (AvgIpc) is 3.05. The summed E-state index contributed by atoms with van der Waals surface area (Å²) in [6.45, 7) is 2.48. The first-order valence-electron chi connectivity index (χ1n) is 8.52. The topological polar surface area (TPSA) is 78.0 Å². The molecule has 0 radical (unpaired) electrons. The summed E-state index contributed by atoms with van der Waals surface area (Å²) in [6.07, 6.45) is 6.51. The first kappa shape index (κ1) is 14.8. The van der Waals surface area contributed by atoms with Crippen molar-refractivity contribution in [3.63, 3.8) is 0 Å². The van der Waals surface area contributed by atoms with E-state index < -0.39 is 0 Å². The molecule has 2 fully saturated rings. The van der Waals surface area contributed by atoms with E-state index in [0.717, 1.165) is 55.7 Å². The van der Waals surface area contributed by atoms with Crippen LogP contribution >= 0.6 is 11.5 Å². The number of carbonyl (C=O) groups is 1. The predicted molar refractivity (Wildman–Crippen MR) is 95.8 cm³/mol. The van der Waals surface area contributed by atoms with Crippen molar-refractivity contribution in [2.45, 2.75) is 24.8 Å². The van der Waals surface area contributed by atoms with Crippen LogP contribution in [0.5, 0.6) is 0 Å². The van der Waals surface area contributed by atoms with Crippen LogP contribution in [0.2, 0.25) is 0 Å². The lowest BCUT2D eigenvalue weighted by atomic mass is 10.2. The maximum Gasteiger partial charge on any atom is 0.274 e. The van der Waals surface area contributed by atoms with Crippen LogP contribution in [0.15, 0.2) is 30.0 Å². The van der Waals surface area contributed by atoms with E-state index in [-0.39, 0.29) is 11.4 Å². The fraction of sp³-hybridized carbons (Fsp3) is 0.412. The zero-order valence-electron chi connectivity index (χ0n) is 13.7. The molecule has 128 valence electrons. The molecular formula is C17H18N6OS. The maximum absolute atomic E-state index is 12.9. The van der Waals surface area contributed by atoms with E-state index in [1.807, 2.05) is 23.7 Å². The normalized spacial score (nSPS) is 19.4. The fourth-order valence-electron chi connectivity index (χ4n) is 3.82. The third kappa shape index (κ3) is 2.39. The highest BCUT2D eigenvalue weighted by atomic mass is 32.1. The molecule has 1 saturated carbocycles. The van der Waals surface area contributed by atoms with Gasteiger partial charge in [-0.15, -0.1) is 0 Å². The van der Waals surface area contributed by atoms with Gasteiger partial charge in [0, 0.05) is 31.2 Å². The van der Waals surface area contributed by atoms with Gasteiger partial charge in [0.05, 0.1) is 10.9 Å². The molecule has 3 aromatic rings. The number of hydrogen-bond acceptors (Lipinski definition) is 6. The predicted octanol–water partition coefficient (Wildman–Crippen LogP) is 2.30. The summed E-state index contributed by atoms with van der Waals surface area (Å²) in [4.78, 5) is 29.2. The Labute approximate surface area is 148 Å². The first-order valence-corrected chi connectivity index (χ1v) is 9.36. The number of anilines is 1. The van der Waals surface area contributed by atoms with Crippen molar-refractivity contribution in [1.82, 2.24) is 24.2 Å². The molecule has 0 atom stereocenters.